The van der Waals surface area contributed by atoms with Gasteiger partial charge in [0.1, 0.15) is 23.0 Å². The van der Waals surface area contributed by atoms with Crippen LogP contribution >= 0.6 is 0 Å². The van der Waals surface area contributed by atoms with Crippen molar-refractivity contribution in [2.75, 3.05) is 17.7 Å². The van der Waals surface area contributed by atoms with Crippen LogP contribution in [0, 0.1) is 0 Å². The first-order valence-electron chi connectivity index (χ1n) is 7.30. The van der Waals surface area contributed by atoms with Crippen LogP contribution in [0.3, 0.4) is 0 Å². The average molecular weight is 297 g/mol. The molecule has 1 aliphatic rings. The lowest BCUT2D eigenvalue weighted by Gasteiger charge is -2.24. The molecule has 1 heterocycles. The molecule has 0 radical (unpaired) electrons. The molecule has 5 heteroatoms. The molecule has 3 rings (SSSR count). The number of fused-ring (bicyclic) bond motifs is 1. The maximum Gasteiger partial charge on any atom is 0.153 e. The Balaban J connectivity index is 1.82. The molecule has 0 aromatic heterocycles. The number of nitrogen functional groups attached to an aromatic ring is 1. The Hall–Kier alpha value is -2.69. The summed E-state index contributed by atoms with van der Waals surface area (Å²) < 4.78 is 11.3. The van der Waals surface area contributed by atoms with E-state index in [1.165, 1.54) is 0 Å². The molecular formula is C17H19N3O2. The van der Waals surface area contributed by atoms with Gasteiger partial charge in [-0.25, -0.2) is 4.99 Å². The summed E-state index contributed by atoms with van der Waals surface area (Å²) in [7, 11) is 0. The molecule has 2 aromatic rings. The van der Waals surface area contributed by atoms with Gasteiger partial charge in [0.15, 0.2) is 6.10 Å². The predicted octanol–water partition coefficient (Wildman–Crippen LogP) is 3.59. The number of nitrogens with zero attached hydrogens (tertiary/aromatic N) is 1. The fourth-order valence-corrected chi connectivity index (χ4v) is 2.27. The molecule has 1 unspecified atom stereocenters. The maximum absolute atomic E-state index is 5.86. The zero-order chi connectivity index (χ0) is 15.5. The highest BCUT2D eigenvalue weighted by Gasteiger charge is 2.20. The summed E-state index contributed by atoms with van der Waals surface area (Å²) >= 11 is 0. The van der Waals surface area contributed by atoms with Crippen LogP contribution in [0.2, 0.25) is 0 Å². The van der Waals surface area contributed by atoms with E-state index in [-0.39, 0.29) is 6.10 Å². The standard InChI is InChI=1S/C17H19N3O2/c1-3-21-14-7-5-13(6-8-14)19-17-11(2)22-16-9-4-12(18)10-15(16)20-17/h4-11H,3,18H2,1-2H3,(H,19,20). The van der Waals surface area contributed by atoms with Crippen molar-refractivity contribution in [3.63, 3.8) is 0 Å². The van der Waals surface area contributed by atoms with Crippen LogP contribution in [0.1, 0.15) is 13.8 Å². The molecule has 0 fully saturated rings. The van der Waals surface area contributed by atoms with E-state index >= 15 is 0 Å². The third-order valence-electron chi connectivity index (χ3n) is 3.35. The van der Waals surface area contributed by atoms with Gasteiger partial charge in [-0.1, -0.05) is 0 Å². The first-order valence-corrected chi connectivity index (χ1v) is 7.30. The van der Waals surface area contributed by atoms with Crippen LogP contribution in [0.5, 0.6) is 11.5 Å². The topological polar surface area (TPSA) is 68.9 Å². The lowest BCUT2D eigenvalue weighted by Crippen LogP contribution is -2.32. The van der Waals surface area contributed by atoms with Gasteiger partial charge in [0.25, 0.3) is 0 Å². The number of nitrogens with one attached hydrogen (secondary N) is 1. The molecule has 1 aliphatic heterocycles. The van der Waals surface area contributed by atoms with E-state index in [1.54, 1.807) is 6.07 Å². The van der Waals surface area contributed by atoms with Crippen molar-refractivity contribution in [2.45, 2.75) is 20.0 Å². The lowest BCUT2D eigenvalue weighted by molar-refractivity contribution is 0.283. The smallest absolute Gasteiger partial charge is 0.153 e. The second kappa shape index (κ2) is 5.97. The van der Waals surface area contributed by atoms with E-state index < -0.39 is 0 Å². The van der Waals surface area contributed by atoms with Crippen LogP contribution in [0.4, 0.5) is 17.1 Å². The predicted molar refractivity (Wildman–Crippen MR) is 89.3 cm³/mol. The van der Waals surface area contributed by atoms with Crippen molar-refractivity contribution < 1.29 is 9.47 Å². The highest BCUT2D eigenvalue weighted by Crippen LogP contribution is 2.34. The van der Waals surface area contributed by atoms with Crippen molar-refractivity contribution in [3.8, 4) is 11.5 Å². The van der Waals surface area contributed by atoms with Gasteiger partial charge in [-0.05, 0) is 56.3 Å². The molecule has 1 atom stereocenters. The van der Waals surface area contributed by atoms with Crippen molar-refractivity contribution >= 4 is 22.9 Å². The maximum atomic E-state index is 5.86. The Morgan fingerprint density at radius 3 is 2.73 bits per heavy atom. The summed E-state index contributed by atoms with van der Waals surface area (Å²) in [5, 5.41) is 3.29. The first-order chi connectivity index (χ1) is 10.7. The minimum absolute atomic E-state index is 0.150. The van der Waals surface area contributed by atoms with E-state index in [0.29, 0.717) is 12.3 Å². The minimum atomic E-state index is -0.150. The van der Waals surface area contributed by atoms with E-state index in [1.807, 2.05) is 50.2 Å². The number of ether oxygens (including phenoxy) is 2. The first kappa shape index (κ1) is 14.3. The number of rotatable bonds is 3. The van der Waals surface area contributed by atoms with Crippen LogP contribution in [-0.4, -0.2) is 18.5 Å². The lowest BCUT2D eigenvalue weighted by atomic mass is 10.2. The molecular weight excluding hydrogens is 278 g/mol. The summed E-state index contributed by atoms with van der Waals surface area (Å²) in [5.74, 6) is 2.35. The molecule has 5 nitrogen and oxygen atoms in total. The molecule has 0 bridgehead atoms. The number of hydrogen-bond donors (Lipinski definition) is 2. The molecule has 3 N–H and O–H groups in total. The normalized spacial score (nSPS) is 16.3. The molecule has 0 spiro atoms. The van der Waals surface area contributed by atoms with Crippen LogP contribution in [-0.2, 0) is 0 Å². The van der Waals surface area contributed by atoms with Crippen LogP contribution < -0.4 is 20.5 Å². The Kier molecular flexibility index (Phi) is 3.87. The Bertz CT molecular complexity index is 696. The SMILES string of the molecule is CCOc1ccc(NC2=Nc3cc(N)ccc3OC2C)cc1. The van der Waals surface area contributed by atoms with E-state index in [4.69, 9.17) is 15.2 Å². The van der Waals surface area contributed by atoms with Crippen LogP contribution in [0.15, 0.2) is 47.5 Å². The zero-order valence-corrected chi connectivity index (χ0v) is 12.7. The van der Waals surface area contributed by atoms with Gasteiger partial charge in [0, 0.05) is 11.4 Å². The van der Waals surface area contributed by atoms with Crippen molar-refractivity contribution in [1.82, 2.24) is 0 Å². The Morgan fingerprint density at radius 2 is 2.00 bits per heavy atom. The van der Waals surface area contributed by atoms with Gasteiger partial charge < -0.3 is 20.5 Å². The highest BCUT2D eigenvalue weighted by molar-refractivity contribution is 6.01. The summed E-state index contributed by atoms with van der Waals surface area (Å²) in [6.45, 7) is 4.58. The molecule has 0 amide bonds. The third kappa shape index (κ3) is 2.98. The number of nitrogens with two attached hydrogens (primary N) is 1. The van der Waals surface area contributed by atoms with Gasteiger partial charge in [0.2, 0.25) is 0 Å². The van der Waals surface area contributed by atoms with E-state index in [0.717, 1.165) is 28.7 Å². The highest BCUT2D eigenvalue weighted by atomic mass is 16.5. The van der Waals surface area contributed by atoms with E-state index in [2.05, 4.69) is 10.3 Å². The van der Waals surface area contributed by atoms with Gasteiger partial charge in [-0.15, -0.1) is 0 Å². The van der Waals surface area contributed by atoms with E-state index in [9.17, 15) is 0 Å². The number of anilines is 2. The molecule has 22 heavy (non-hydrogen) atoms. The van der Waals surface area contributed by atoms with Crippen molar-refractivity contribution in [3.05, 3.63) is 42.5 Å². The molecule has 0 saturated heterocycles. The summed E-state index contributed by atoms with van der Waals surface area (Å²) in [4.78, 5) is 4.61. The quantitative estimate of drug-likeness (QED) is 0.849. The minimum Gasteiger partial charge on any atom is -0.494 e. The summed E-state index contributed by atoms with van der Waals surface area (Å²) in [5.41, 5.74) is 8.15. The number of aliphatic imine (C=N–C) groups is 1. The Labute approximate surface area is 129 Å². The third-order valence-corrected chi connectivity index (χ3v) is 3.35. The fraction of sp³-hybridized carbons (Fsp3) is 0.235. The number of benzene rings is 2. The van der Waals surface area contributed by atoms with Crippen LogP contribution in [0.25, 0.3) is 0 Å². The van der Waals surface area contributed by atoms with Crippen molar-refractivity contribution in [2.24, 2.45) is 4.99 Å². The fourth-order valence-electron chi connectivity index (χ4n) is 2.27. The second-order valence-corrected chi connectivity index (χ2v) is 5.07. The van der Waals surface area contributed by atoms with Crippen molar-refractivity contribution in [1.29, 1.82) is 0 Å². The second-order valence-electron chi connectivity index (χ2n) is 5.07. The molecule has 2 aromatic carbocycles. The average Bonchev–Trinajstić information content (AvgIpc) is 2.51. The monoisotopic (exact) mass is 297 g/mol. The van der Waals surface area contributed by atoms with Gasteiger partial charge >= 0.3 is 0 Å². The largest absolute Gasteiger partial charge is 0.494 e. The number of hydrogen-bond acceptors (Lipinski definition) is 5. The van der Waals surface area contributed by atoms with Gasteiger partial charge in [-0.2, -0.15) is 0 Å². The Morgan fingerprint density at radius 1 is 1.23 bits per heavy atom. The molecule has 114 valence electrons. The zero-order valence-electron chi connectivity index (χ0n) is 12.7. The molecule has 0 aliphatic carbocycles. The van der Waals surface area contributed by atoms with Gasteiger partial charge in [0.05, 0.1) is 6.61 Å². The van der Waals surface area contributed by atoms with Gasteiger partial charge in [-0.3, -0.25) is 0 Å². The summed E-state index contributed by atoms with van der Waals surface area (Å²) in [6.07, 6.45) is -0.150. The molecule has 0 saturated carbocycles. The summed E-state index contributed by atoms with van der Waals surface area (Å²) in [6, 6.07) is 13.2. The number of amidine groups is 1.